The van der Waals surface area contributed by atoms with Crippen LogP contribution >= 0.6 is 0 Å². The average molecular weight is 263 g/mol. The molecular weight excluding hydrogens is 242 g/mol. The number of unbranched alkanes of at least 4 members (excludes halogenated alkanes) is 1. The summed E-state index contributed by atoms with van der Waals surface area (Å²) in [6, 6.07) is 5.66. The summed E-state index contributed by atoms with van der Waals surface area (Å²) in [5, 5.41) is 12.6. The summed E-state index contributed by atoms with van der Waals surface area (Å²) in [5.74, 6) is 1.53. The van der Waals surface area contributed by atoms with Crippen LogP contribution in [0.1, 0.15) is 45.6 Å². The first-order valence-electron chi connectivity index (χ1n) is 6.73. The zero-order valence-electron chi connectivity index (χ0n) is 11.8. The Bertz CT molecular complexity index is 480. The summed E-state index contributed by atoms with van der Waals surface area (Å²) in [6.07, 6.45) is 2.71. The summed E-state index contributed by atoms with van der Waals surface area (Å²) in [4.78, 5) is 0. The van der Waals surface area contributed by atoms with Gasteiger partial charge in [0.2, 0.25) is 0 Å². The molecule has 19 heavy (non-hydrogen) atoms. The van der Waals surface area contributed by atoms with Crippen molar-refractivity contribution < 1.29 is 14.7 Å². The molecule has 0 aromatic heterocycles. The van der Waals surface area contributed by atoms with E-state index in [0.717, 1.165) is 29.9 Å². The largest absolute Gasteiger partial charge is 0.494 e. The van der Waals surface area contributed by atoms with Crippen molar-refractivity contribution in [3.63, 3.8) is 0 Å². The molecule has 1 heterocycles. The van der Waals surface area contributed by atoms with Gasteiger partial charge in [0.25, 0.3) is 0 Å². The summed E-state index contributed by atoms with van der Waals surface area (Å²) in [7, 11) is 0. The molecule has 1 aromatic carbocycles. The molecule has 0 aliphatic carbocycles. The van der Waals surface area contributed by atoms with E-state index in [2.05, 4.69) is 12.1 Å². The molecule has 104 valence electrons. The van der Waals surface area contributed by atoms with Crippen LogP contribution in [0.25, 0.3) is 0 Å². The van der Waals surface area contributed by atoms with Crippen LogP contribution in [0, 0.1) is 0 Å². The van der Waals surface area contributed by atoms with E-state index < -0.39 is 0 Å². The number of hydrogen-bond donors (Lipinski definition) is 1. The summed E-state index contributed by atoms with van der Waals surface area (Å²) < 4.78 is 11.5. The molecular formula is C15H21NO3. The van der Waals surface area contributed by atoms with Crippen molar-refractivity contribution in [2.24, 2.45) is 5.16 Å². The fourth-order valence-electron chi connectivity index (χ4n) is 2.17. The van der Waals surface area contributed by atoms with Crippen LogP contribution in [0.15, 0.2) is 23.4 Å². The van der Waals surface area contributed by atoms with Gasteiger partial charge in [0.15, 0.2) is 0 Å². The topological polar surface area (TPSA) is 51.0 Å². The fraction of sp³-hybridized carbons (Fsp3) is 0.533. The molecule has 0 unspecified atom stereocenters. The molecule has 0 spiro atoms. The summed E-state index contributed by atoms with van der Waals surface area (Å²) in [5.41, 5.74) is 1.11. The normalized spacial score (nSPS) is 18.8. The molecule has 0 amide bonds. The highest BCUT2D eigenvalue weighted by molar-refractivity contribution is 6.04. The molecule has 0 saturated carbocycles. The van der Waals surface area contributed by atoms with Gasteiger partial charge in [0.1, 0.15) is 17.1 Å². The number of rotatable bonds is 4. The molecule has 0 fully saturated rings. The minimum Gasteiger partial charge on any atom is -0.494 e. The predicted octanol–water partition coefficient (Wildman–Crippen LogP) is 3.60. The van der Waals surface area contributed by atoms with Crippen molar-refractivity contribution in [1.82, 2.24) is 0 Å². The van der Waals surface area contributed by atoms with Crippen molar-refractivity contribution in [2.75, 3.05) is 6.61 Å². The Balaban J connectivity index is 2.24. The number of nitrogens with zero attached hydrogens (tertiary/aromatic N) is 1. The van der Waals surface area contributed by atoms with E-state index in [1.54, 1.807) is 0 Å². The highest BCUT2D eigenvalue weighted by atomic mass is 16.5. The lowest BCUT2D eigenvalue weighted by molar-refractivity contribution is 0.109. The quantitative estimate of drug-likeness (QED) is 0.513. The van der Waals surface area contributed by atoms with Crippen molar-refractivity contribution in [3.05, 3.63) is 23.8 Å². The summed E-state index contributed by atoms with van der Waals surface area (Å²) in [6.45, 7) is 6.79. The fourth-order valence-corrected chi connectivity index (χ4v) is 2.17. The van der Waals surface area contributed by atoms with Gasteiger partial charge in [-0.15, -0.1) is 0 Å². The van der Waals surface area contributed by atoms with Crippen LogP contribution in [0.2, 0.25) is 0 Å². The monoisotopic (exact) mass is 263 g/mol. The van der Waals surface area contributed by atoms with Gasteiger partial charge in [0, 0.05) is 12.0 Å². The lowest BCUT2D eigenvalue weighted by atomic mass is 9.92. The van der Waals surface area contributed by atoms with E-state index >= 15 is 0 Å². The van der Waals surface area contributed by atoms with E-state index in [4.69, 9.17) is 14.7 Å². The molecule has 1 N–H and O–H groups in total. The lowest BCUT2D eigenvalue weighted by Gasteiger charge is -2.32. The van der Waals surface area contributed by atoms with Gasteiger partial charge in [-0.2, -0.15) is 0 Å². The number of ether oxygens (including phenoxy) is 2. The second-order valence-electron chi connectivity index (χ2n) is 5.45. The molecule has 4 heteroatoms. The Hall–Kier alpha value is -1.71. The number of fused-ring (bicyclic) bond motifs is 1. The van der Waals surface area contributed by atoms with E-state index in [0.29, 0.717) is 18.7 Å². The Morgan fingerprint density at radius 3 is 2.89 bits per heavy atom. The Morgan fingerprint density at radius 1 is 1.42 bits per heavy atom. The molecule has 2 rings (SSSR count). The standard InChI is InChI=1S/C15H21NO3/c1-4-5-8-18-11-6-7-14-12(9-11)13(16-17)10-15(2,3)19-14/h6-7,9,17H,4-5,8,10H2,1-3H3/b16-13+. The smallest absolute Gasteiger partial charge is 0.129 e. The Labute approximate surface area is 114 Å². The maximum Gasteiger partial charge on any atom is 0.129 e. The number of hydrogen-bond acceptors (Lipinski definition) is 4. The third kappa shape index (κ3) is 3.19. The van der Waals surface area contributed by atoms with Crippen LogP contribution in [-0.2, 0) is 0 Å². The number of benzene rings is 1. The van der Waals surface area contributed by atoms with Gasteiger partial charge in [-0.05, 0) is 38.5 Å². The third-order valence-corrected chi connectivity index (χ3v) is 3.13. The predicted molar refractivity (Wildman–Crippen MR) is 74.5 cm³/mol. The van der Waals surface area contributed by atoms with Crippen LogP contribution in [0.3, 0.4) is 0 Å². The van der Waals surface area contributed by atoms with Crippen LogP contribution in [0.5, 0.6) is 11.5 Å². The zero-order chi connectivity index (χ0) is 13.9. The van der Waals surface area contributed by atoms with Crippen molar-refractivity contribution >= 4 is 5.71 Å². The molecule has 1 aliphatic rings. The van der Waals surface area contributed by atoms with E-state index in [1.807, 2.05) is 32.0 Å². The van der Waals surface area contributed by atoms with Gasteiger partial charge < -0.3 is 14.7 Å². The van der Waals surface area contributed by atoms with Crippen molar-refractivity contribution in [1.29, 1.82) is 0 Å². The maximum absolute atomic E-state index is 9.17. The molecule has 1 aliphatic heterocycles. The minimum atomic E-state index is -0.348. The van der Waals surface area contributed by atoms with Crippen LogP contribution in [0.4, 0.5) is 0 Å². The molecule has 0 bridgehead atoms. The van der Waals surface area contributed by atoms with Gasteiger partial charge >= 0.3 is 0 Å². The highest BCUT2D eigenvalue weighted by Gasteiger charge is 2.31. The minimum absolute atomic E-state index is 0.348. The van der Waals surface area contributed by atoms with E-state index in [-0.39, 0.29) is 5.60 Å². The third-order valence-electron chi connectivity index (χ3n) is 3.13. The first-order valence-corrected chi connectivity index (χ1v) is 6.73. The SMILES string of the molecule is CCCCOc1ccc2c(c1)/C(=N/O)CC(C)(C)O2. The highest BCUT2D eigenvalue weighted by Crippen LogP contribution is 2.35. The van der Waals surface area contributed by atoms with Gasteiger partial charge in [-0.1, -0.05) is 18.5 Å². The van der Waals surface area contributed by atoms with E-state index in [1.165, 1.54) is 0 Å². The lowest BCUT2D eigenvalue weighted by Crippen LogP contribution is -2.36. The zero-order valence-corrected chi connectivity index (χ0v) is 11.8. The molecule has 0 saturated heterocycles. The molecule has 4 nitrogen and oxygen atoms in total. The first-order chi connectivity index (χ1) is 9.05. The Kier molecular flexibility index (Phi) is 3.98. The average Bonchev–Trinajstić information content (AvgIpc) is 2.37. The van der Waals surface area contributed by atoms with Crippen molar-refractivity contribution in [3.8, 4) is 11.5 Å². The molecule has 1 aromatic rings. The van der Waals surface area contributed by atoms with Crippen LogP contribution in [-0.4, -0.2) is 23.1 Å². The van der Waals surface area contributed by atoms with Gasteiger partial charge in [-0.25, -0.2) is 0 Å². The Morgan fingerprint density at radius 2 is 2.21 bits per heavy atom. The second kappa shape index (κ2) is 5.51. The molecule has 0 atom stereocenters. The van der Waals surface area contributed by atoms with Crippen molar-refractivity contribution in [2.45, 2.75) is 45.6 Å². The number of oxime groups is 1. The first kappa shape index (κ1) is 13.7. The summed E-state index contributed by atoms with van der Waals surface area (Å²) >= 11 is 0. The maximum atomic E-state index is 9.17. The van der Waals surface area contributed by atoms with Gasteiger partial charge in [0.05, 0.1) is 12.3 Å². The van der Waals surface area contributed by atoms with E-state index in [9.17, 15) is 0 Å². The van der Waals surface area contributed by atoms with Gasteiger partial charge in [-0.3, -0.25) is 0 Å². The van der Waals surface area contributed by atoms with Crippen LogP contribution < -0.4 is 9.47 Å². The molecule has 0 radical (unpaired) electrons. The second-order valence-corrected chi connectivity index (χ2v) is 5.45.